The number of hydrogen-bond donors (Lipinski definition) is 0. The Morgan fingerprint density at radius 3 is 2.90 bits per heavy atom. The van der Waals surface area contributed by atoms with Crippen molar-refractivity contribution in [3.63, 3.8) is 0 Å². The Morgan fingerprint density at radius 2 is 2.24 bits per heavy atom. The molecule has 0 bridgehead atoms. The highest BCUT2D eigenvalue weighted by Crippen LogP contribution is 2.24. The van der Waals surface area contributed by atoms with Gasteiger partial charge in [0.2, 0.25) is 11.7 Å². The smallest absolute Gasteiger partial charge is 0.410 e. The lowest BCUT2D eigenvalue weighted by Gasteiger charge is -2.37. The van der Waals surface area contributed by atoms with Crippen molar-refractivity contribution >= 4 is 17.4 Å². The van der Waals surface area contributed by atoms with E-state index in [0.29, 0.717) is 30.7 Å². The van der Waals surface area contributed by atoms with Crippen LogP contribution in [0.3, 0.4) is 0 Å². The summed E-state index contributed by atoms with van der Waals surface area (Å²) >= 11 is 1.60. The fourth-order valence-electron chi connectivity index (χ4n) is 3.56. The molecule has 3 rings (SSSR count). The van der Waals surface area contributed by atoms with Crippen LogP contribution in [-0.4, -0.2) is 57.3 Å². The van der Waals surface area contributed by atoms with Crippen molar-refractivity contribution in [2.75, 3.05) is 19.6 Å². The molecule has 160 valence electrons. The van der Waals surface area contributed by atoms with E-state index in [9.17, 15) is 4.79 Å². The van der Waals surface area contributed by atoms with E-state index in [2.05, 4.69) is 15.0 Å². The third-order valence-corrected chi connectivity index (χ3v) is 5.74. The molecule has 1 saturated heterocycles. The average Bonchev–Trinajstić information content (AvgIpc) is 3.29. The molecule has 8 heteroatoms. The molecular formula is C21H32N4O3S. The second-order valence-electron chi connectivity index (χ2n) is 8.96. The summed E-state index contributed by atoms with van der Waals surface area (Å²) in [7, 11) is 0. The van der Waals surface area contributed by atoms with Crippen LogP contribution in [-0.2, 0) is 11.3 Å². The van der Waals surface area contributed by atoms with Crippen molar-refractivity contribution < 1.29 is 14.1 Å². The molecule has 0 spiro atoms. The summed E-state index contributed by atoms with van der Waals surface area (Å²) in [6.45, 7) is 13.0. The monoisotopic (exact) mass is 420 g/mol. The first-order chi connectivity index (χ1) is 13.7. The number of aromatic nitrogens is 2. The highest BCUT2D eigenvalue weighted by Gasteiger charge is 2.29. The standard InChI is InChI=1S/C21H32N4O3S/c1-15(2)25(20(26)27-21(3,4)5)13-16-8-6-10-24(12-16)14-18-22-19(23-28-18)17-9-7-11-29-17/h7,9,11,15-16H,6,8,10,12-14H2,1-5H3. The maximum Gasteiger partial charge on any atom is 0.410 e. The van der Waals surface area contributed by atoms with E-state index in [1.165, 1.54) is 0 Å². The van der Waals surface area contributed by atoms with Gasteiger partial charge in [-0.3, -0.25) is 4.90 Å². The van der Waals surface area contributed by atoms with Gasteiger partial charge in [-0.1, -0.05) is 11.2 Å². The van der Waals surface area contributed by atoms with E-state index in [1.54, 1.807) is 11.3 Å². The second-order valence-corrected chi connectivity index (χ2v) is 9.91. The lowest BCUT2D eigenvalue weighted by atomic mass is 9.97. The van der Waals surface area contributed by atoms with Crippen LogP contribution in [0.2, 0.25) is 0 Å². The maximum absolute atomic E-state index is 12.6. The third-order valence-electron chi connectivity index (χ3n) is 4.88. The van der Waals surface area contributed by atoms with E-state index >= 15 is 0 Å². The molecule has 1 amide bonds. The van der Waals surface area contributed by atoms with Crippen molar-refractivity contribution in [2.24, 2.45) is 5.92 Å². The first-order valence-electron chi connectivity index (χ1n) is 10.3. The zero-order valence-corrected chi connectivity index (χ0v) is 18.9. The molecule has 0 radical (unpaired) electrons. The van der Waals surface area contributed by atoms with Crippen molar-refractivity contribution in [2.45, 2.75) is 65.6 Å². The Hall–Kier alpha value is -1.93. The predicted octanol–water partition coefficient (Wildman–Crippen LogP) is 4.66. The lowest BCUT2D eigenvalue weighted by Crippen LogP contribution is -2.46. The molecule has 7 nitrogen and oxygen atoms in total. The quantitative estimate of drug-likeness (QED) is 0.677. The number of likely N-dealkylation sites (tertiary alicyclic amines) is 1. The molecule has 1 aliphatic heterocycles. The van der Waals surface area contributed by atoms with E-state index in [-0.39, 0.29) is 12.1 Å². The van der Waals surface area contributed by atoms with Crippen LogP contribution < -0.4 is 0 Å². The molecule has 2 aromatic rings. The van der Waals surface area contributed by atoms with Crippen LogP contribution in [0.1, 0.15) is 53.4 Å². The molecule has 1 aliphatic rings. The molecule has 0 N–H and O–H groups in total. The SMILES string of the molecule is CC(C)N(CC1CCCN(Cc2nc(-c3cccs3)no2)C1)C(=O)OC(C)(C)C. The summed E-state index contributed by atoms with van der Waals surface area (Å²) in [5.41, 5.74) is -0.485. The topological polar surface area (TPSA) is 71.7 Å². The van der Waals surface area contributed by atoms with Gasteiger partial charge in [-0.25, -0.2) is 4.79 Å². The first-order valence-corrected chi connectivity index (χ1v) is 11.2. The van der Waals surface area contributed by atoms with Gasteiger partial charge in [0.25, 0.3) is 0 Å². The Morgan fingerprint density at radius 1 is 1.45 bits per heavy atom. The van der Waals surface area contributed by atoms with Gasteiger partial charge in [-0.2, -0.15) is 4.98 Å². The molecule has 0 aromatic carbocycles. The molecule has 0 saturated carbocycles. The van der Waals surface area contributed by atoms with Crippen LogP contribution in [0.25, 0.3) is 10.7 Å². The van der Waals surface area contributed by atoms with Crippen molar-refractivity contribution in [1.29, 1.82) is 0 Å². The number of carbonyl (C=O) groups is 1. The van der Waals surface area contributed by atoms with Crippen molar-refractivity contribution in [1.82, 2.24) is 19.9 Å². The van der Waals surface area contributed by atoms with Crippen molar-refractivity contribution in [3.8, 4) is 10.7 Å². The molecule has 1 atom stereocenters. The number of hydrogen-bond acceptors (Lipinski definition) is 7. The number of carbonyl (C=O) groups excluding carboxylic acids is 1. The number of nitrogens with zero attached hydrogens (tertiary/aromatic N) is 4. The third kappa shape index (κ3) is 6.27. The number of amides is 1. The number of ether oxygens (including phenoxy) is 1. The van der Waals surface area contributed by atoms with Gasteiger partial charge in [0.15, 0.2) is 0 Å². The van der Waals surface area contributed by atoms with Gasteiger partial charge in [-0.05, 0) is 71.4 Å². The maximum atomic E-state index is 12.6. The summed E-state index contributed by atoms with van der Waals surface area (Å²) < 4.78 is 11.1. The zero-order valence-electron chi connectivity index (χ0n) is 18.1. The van der Waals surface area contributed by atoms with Gasteiger partial charge in [0.05, 0.1) is 11.4 Å². The largest absolute Gasteiger partial charge is 0.444 e. The van der Waals surface area contributed by atoms with Gasteiger partial charge in [-0.15, -0.1) is 11.3 Å². The predicted molar refractivity (Wildman–Crippen MR) is 114 cm³/mol. The highest BCUT2D eigenvalue weighted by atomic mass is 32.1. The summed E-state index contributed by atoms with van der Waals surface area (Å²) in [5.74, 6) is 1.69. The molecular weight excluding hydrogens is 388 g/mol. The summed E-state index contributed by atoms with van der Waals surface area (Å²) in [6.07, 6.45) is 1.96. The van der Waals surface area contributed by atoms with E-state index in [4.69, 9.17) is 9.26 Å². The van der Waals surface area contributed by atoms with Crippen LogP contribution >= 0.6 is 11.3 Å². The molecule has 29 heavy (non-hydrogen) atoms. The van der Waals surface area contributed by atoms with Crippen LogP contribution in [0.4, 0.5) is 4.79 Å². The Balaban J connectivity index is 1.57. The summed E-state index contributed by atoms with van der Waals surface area (Å²) in [4.78, 5) is 22.4. The minimum atomic E-state index is -0.485. The second kappa shape index (κ2) is 9.26. The van der Waals surface area contributed by atoms with E-state index in [0.717, 1.165) is 30.8 Å². The van der Waals surface area contributed by atoms with Crippen LogP contribution in [0.15, 0.2) is 22.0 Å². The highest BCUT2D eigenvalue weighted by molar-refractivity contribution is 7.13. The first kappa shape index (κ1) is 21.8. The van der Waals surface area contributed by atoms with E-state index in [1.807, 2.05) is 57.0 Å². The Labute approximate surface area is 177 Å². The van der Waals surface area contributed by atoms with Gasteiger partial charge in [0.1, 0.15) is 5.60 Å². The zero-order chi connectivity index (χ0) is 21.0. The van der Waals surface area contributed by atoms with Gasteiger partial charge >= 0.3 is 6.09 Å². The minimum Gasteiger partial charge on any atom is -0.444 e. The number of rotatable bonds is 6. The lowest BCUT2D eigenvalue weighted by molar-refractivity contribution is 0.0115. The summed E-state index contributed by atoms with van der Waals surface area (Å²) in [5, 5.41) is 6.11. The van der Waals surface area contributed by atoms with E-state index < -0.39 is 5.60 Å². The van der Waals surface area contributed by atoms with Gasteiger partial charge in [0, 0.05) is 19.1 Å². The van der Waals surface area contributed by atoms with Crippen LogP contribution in [0.5, 0.6) is 0 Å². The van der Waals surface area contributed by atoms with Crippen LogP contribution in [0, 0.1) is 5.92 Å². The molecule has 0 aliphatic carbocycles. The molecule has 1 unspecified atom stereocenters. The molecule has 1 fully saturated rings. The minimum absolute atomic E-state index is 0.101. The fraction of sp³-hybridized carbons (Fsp3) is 0.667. The number of thiophene rings is 1. The Bertz CT molecular complexity index is 782. The molecule has 3 heterocycles. The fourth-order valence-corrected chi connectivity index (χ4v) is 4.20. The number of piperidine rings is 1. The summed E-state index contributed by atoms with van der Waals surface area (Å²) in [6, 6.07) is 4.08. The Kier molecular flexibility index (Phi) is 6.95. The van der Waals surface area contributed by atoms with Gasteiger partial charge < -0.3 is 14.2 Å². The van der Waals surface area contributed by atoms with Crippen molar-refractivity contribution in [3.05, 3.63) is 23.4 Å². The molecule has 2 aromatic heterocycles. The average molecular weight is 421 g/mol. The normalized spacial score (nSPS) is 18.2.